The van der Waals surface area contributed by atoms with Gasteiger partial charge in [0.2, 0.25) is 5.91 Å². The molecular weight excluding hydrogens is 256 g/mol. The van der Waals surface area contributed by atoms with Crippen LogP contribution in [0.4, 0.5) is 11.4 Å². The van der Waals surface area contributed by atoms with Crippen molar-refractivity contribution >= 4 is 23.2 Å². The Labute approximate surface area is 119 Å². The van der Waals surface area contributed by atoms with Crippen LogP contribution in [0.1, 0.15) is 23.7 Å². The second-order valence-electron chi connectivity index (χ2n) is 4.63. The number of hydrogen-bond donors (Lipinski definition) is 3. The fourth-order valence-corrected chi connectivity index (χ4v) is 1.64. The van der Waals surface area contributed by atoms with Gasteiger partial charge in [-0.2, -0.15) is 0 Å². The highest BCUT2D eigenvalue weighted by Crippen LogP contribution is 2.20. The normalized spacial score (nSPS) is 9.95. The Morgan fingerprint density at radius 2 is 2.00 bits per heavy atom. The van der Waals surface area contributed by atoms with Gasteiger partial charge in [-0.05, 0) is 25.1 Å². The first-order valence-electron chi connectivity index (χ1n) is 6.57. The average molecular weight is 278 g/mol. The molecular formula is C14H22N4O2. The number of rotatable bonds is 6. The van der Waals surface area contributed by atoms with E-state index < -0.39 is 0 Å². The standard InChI is InChI=1S/C14H22N4O2/c1-4-16-14(20)10-5-6-11(15)12(9-10)17-8-7-13(19)18(2)3/h5-6,9,17H,4,7-8,15H2,1-3H3,(H,16,20). The van der Waals surface area contributed by atoms with Crippen molar-refractivity contribution in [2.75, 3.05) is 38.2 Å². The largest absolute Gasteiger partial charge is 0.397 e. The van der Waals surface area contributed by atoms with Crippen LogP contribution in [0.2, 0.25) is 0 Å². The molecule has 0 saturated heterocycles. The van der Waals surface area contributed by atoms with Crippen molar-refractivity contribution in [1.82, 2.24) is 10.2 Å². The van der Waals surface area contributed by atoms with Gasteiger partial charge < -0.3 is 21.3 Å². The van der Waals surface area contributed by atoms with Gasteiger partial charge in [-0.1, -0.05) is 0 Å². The zero-order valence-corrected chi connectivity index (χ0v) is 12.2. The van der Waals surface area contributed by atoms with Gasteiger partial charge in [-0.3, -0.25) is 9.59 Å². The molecule has 6 nitrogen and oxygen atoms in total. The minimum absolute atomic E-state index is 0.0379. The van der Waals surface area contributed by atoms with Gasteiger partial charge in [-0.15, -0.1) is 0 Å². The summed E-state index contributed by atoms with van der Waals surface area (Å²) in [6, 6.07) is 5.05. The fourth-order valence-electron chi connectivity index (χ4n) is 1.64. The molecule has 1 aromatic rings. The van der Waals surface area contributed by atoms with Crippen molar-refractivity contribution < 1.29 is 9.59 Å². The Hall–Kier alpha value is -2.24. The topological polar surface area (TPSA) is 87.5 Å². The predicted octanol–water partition coefficient (Wildman–Crippen LogP) is 0.909. The summed E-state index contributed by atoms with van der Waals surface area (Å²) in [6.45, 7) is 2.91. The van der Waals surface area contributed by atoms with E-state index in [0.29, 0.717) is 36.4 Å². The van der Waals surface area contributed by atoms with Crippen molar-refractivity contribution in [3.05, 3.63) is 23.8 Å². The summed E-state index contributed by atoms with van der Waals surface area (Å²) < 4.78 is 0. The molecule has 0 atom stereocenters. The van der Waals surface area contributed by atoms with Gasteiger partial charge in [-0.25, -0.2) is 0 Å². The Morgan fingerprint density at radius 1 is 1.30 bits per heavy atom. The van der Waals surface area contributed by atoms with Crippen LogP contribution < -0.4 is 16.4 Å². The van der Waals surface area contributed by atoms with Crippen LogP contribution in [0, 0.1) is 0 Å². The summed E-state index contributed by atoms with van der Waals surface area (Å²) in [7, 11) is 3.43. The number of anilines is 2. The second kappa shape index (κ2) is 7.37. The average Bonchev–Trinajstić information content (AvgIpc) is 2.40. The number of benzene rings is 1. The number of hydrogen-bond acceptors (Lipinski definition) is 4. The number of nitrogens with two attached hydrogens (primary N) is 1. The summed E-state index contributed by atoms with van der Waals surface area (Å²) in [5, 5.41) is 5.81. The zero-order chi connectivity index (χ0) is 15.1. The lowest BCUT2D eigenvalue weighted by molar-refractivity contribution is -0.128. The van der Waals surface area contributed by atoms with Gasteiger partial charge in [0.05, 0.1) is 11.4 Å². The number of nitrogen functional groups attached to an aromatic ring is 1. The Bertz CT molecular complexity index is 486. The van der Waals surface area contributed by atoms with E-state index in [4.69, 9.17) is 5.73 Å². The van der Waals surface area contributed by atoms with Crippen molar-refractivity contribution in [1.29, 1.82) is 0 Å². The molecule has 20 heavy (non-hydrogen) atoms. The van der Waals surface area contributed by atoms with E-state index in [-0.39, 0.29) is 11.8 Å². The fraction of sp³-hybridized carbons (Fsp3) is 0.429. The van der Waals surface area contributed by atoms with Crippen LogP contribution in [0.3, 0.4) is 0 Å². The molecule has 0 aliphatic carbocycles. The lowest BCUT2D eigenvalue weighted by Crippen LogP contribution is -2.24. The molecule has 2 amide bonds. The third kappa shape index (κ3) is 4.46. The molecule has 0 bridgehead atoms. The summed E-state index contributed by atoms with van der Waals surface area (Å²) >= 11 is 0. The van der Waals surface area contributed by atoms with Gasteiger partial charge in [0.1, 0.15) is 0 Å². The molecule has 110 valence electrons. The van der Waals surface area contributed by atoms with Crippen LogP contribution in [0.15, 0.2) is 18.2 Å². The molecule has 0 aliphatic heterocycles. The molecule has 0 heterocycles. The monoisotopic (exact) mass is 278 g/mol. The molecule has 0 fully saturated rings. The SMILES string of the molecule is CCNC(=O)c1ccc(N)c(NCCC(=O)N(C)C)c1. The minimum atomic E-state index is -0.139. The highest BCUT2D eigenvalue weighted by molar-refractivity contribution is 5.96. The van der Waals surface area contributed by atoms with Crippen LogP contribution >= 0.6 is 0 Å². The second-order valence-corrected chi connectivity index (χ2v) is 4.63. The van der Waals surface area contributed by atoms with E-state index in [0.717, 1.165) is 0 Å². The number of nitrogens with zero attached hydrogens (tertiary/aromatic N) is 1. The van der Waals surface area contributed by atoms with Crippen LogP contribution in [0.25, 0.3) is 0 Å². The molecule has 1 aromatic carbocycles. The Kier molecular flexibility index (Phi) is 5.83. The molecule has 0 aliphatic rings. The third-order valence-corrected chi connectivity index (χ3v) is 2.81. The Balaban J connectivity index is 2.67. The van der Waals surface area contributed by atoms with Crippen LogP contribution in [-0.2, 0) is 4.79 Å². The van der Waals surface area contributed by atoms with Crippen molar-refractivity contribution in [3.8, 4) is 0 Å². The van der Waals surface area contributed by atoms with Gasteiger partial charge in [0.25, 0.3) is 5.91 Å². The molecule has 4 N–H and O–H groups in total. The maximum absolute atomic E-state index is 11.7. The van der Waals surface area contributed by atoms with E-state index in [1.54, 1.807) is 32.3 Å². The summed E-state index contributed by atoms with van der Waals surface area (Å²) in [6.07, 6.45) is 0.373. The summed E-state index contributed by atoms with van der Waals surface area (Å²) in [5.74, 6) is -0.101. The van der Waals surface area contributed by atoms with Crippen LogP contribution in [-0.4, -0.2) is 43.9 Å². The first-order valence-corrected chi connectivity index (χ1v) is 6.57. The number of carbonyl (C=O) groups is 2. The summed E-state index contributed by atoms with van der Waals surface area (Å²) in [4.78, 5) is 24.7. The van der Waals surface area contributed by atoms with E-state index in [1.165, 1.54) is 4.90 Å². The predicted molar refractivity (Wildman–Crippen MR) is 80.7 cm³/mol. The van der Waals surface area contributed by atoms with Gasteiger partial charge in [0, 0.05) is 39.2 Å². The van der Waals surface area contributed by atoms with Crippen molar-refractivity contribution in [3.63, 3.8) is 0 Å². The van der Waals surface area contributed by atoms with Crippen LogP contribution in [0.5, 0.6) is 0 Å². The number of amides is 2. The highest BCUT2D eigenvalue weighted by Gasteiger charge is 2.08. The molecule has 0 saturated carbocycles. The number of carbonyl (C=O) groups excluding carboxylic acids is 2. The number of nitrogens with one attached hydrogen (secondary N) is 2. The lowest BCUT2D eigenvalue weighted by atomic mass is 10.1. The molecule has 0 unspecified atom stereocenters. The smallest absolute Gasteiger partial charge is 0.251 e. The third-order valence-electron chi connectivity index (χ3n) is 2.81. The first-order chi connectivity index (χ1) is 9.45. The highest BCUT2D eigenvalue weighted by atomic mass is 16.2. The van der Waals surface area contributed by atoms with E-state index in [1.807, 2.05) is 6.92 Å². The molecule has 6 heteroatoms. The van der Waals surface area contributed by atoms with Gasteiger partial charge in [0.15, 0.2) is 0 Å². The Morgan fingerprint density at radius 3 is 2.60 bits per heavy atom. The zero-order valence-electron chi connectivity index (χ0n) is 12.2. The molecule has 0 radical (unpaired) electrons. The molecule has 0 spiro atoms. The van der Waals surface area contributed by atoms with Crippen molar-refractivity contribution in [2.24, 2.45) is 0 Å². The lowest BCUT2D eigenvalue weighted by Gasteiger charge is -2.13. The maximum atomic E-state index is 11.7. The van der Waals surface area contributed by atoms with E-state index in [2.05, 4.69) is 10.6 Å². The summed E-state index contributed by atoms with van der Waals surface area (Å²) in [5.41, 5.74) is 7.61. The maximum Gasteiger partial charge on any atom is 0.251 e. The van der Waals surface area contributed by atoms with E-state index >= 15 is 0 Å². The molecule has 1 rings (SSSR count). The van der Waals surface area contributed by atoms with Gasteiger partial charge >= 0.3 is 0 Å². The molecule has 0 aromatic heterocycles. The van der Waals surface area contributed by atoms with Crippen molar-refractivity contribution in [2.45, 2.75) is 13.3 Å². The minimum Gasteiger partial charge on any atom is -0.397 e. The van der Waals surface area contributed by atoms with E-state index in [9.17, 15) is 9.59 Å². The quantitative estimate of drug-likeness (QED) is 0.675. The first kappa shape index (κ1) is 15.8.